The smallest absolute Gasteiger partial charge is 0.296 e. The fourth-order valence-electron chi connectivity index (χ4n) is 2.31. The largest absolute Gasteiger partial charge is 0.465 e. The highest BCUT2D eigenvalue weighted by atomic mass is 16.5. The van der Waals surface area contributed by atoms with Gasteiger partial charge in [-0.3, -0.25) is 0 Å². The molecule has 1 N–H and O–H groups in total. The summed E-state index contributed by atoms with van der Waals surface area (Å²) in [7, 11) is 0. The number of aryl methyl sites for hydroxylation is 1. The minimum absolute atomic E-state index is 0.209. The number of aromatic nitrogens is 2. The number of fused-ring (bicyclic) bond motifs is 1. The molecular weight excluding hydrogens is 218 g/mol. The predicted molar refractivity (Wildman–Crippen MR) is 63.1 cm³/mol. The molecule has 3 heterocycles. The molecular formula is C12H19N3O2. The van der Waals surface area contributed by atoms with Crippen LogP contribution in [0.2, 0.25) is 0 Å². The Morgan fingerprint density at radius 3 is 3.29 bits per heavy atom. The van der Waals surface area contributed by atoms with Crippen molar-refractivity contribution in [1.29, 1.82) is 0 Å². The Balaban J connectivity index is 1.78. The number of ether oxygens (including phenoxy) is 2. The van der Waals surface area contributed by atoms with Crippen LogP contribution in [-0.4, -0.2) is 35.9 Å². The molecule has 5 heteroatoms. The van der Waals surface area contributed by atoms with Gasteiger partial charge in [0.25, 0.3) is 6.01 Å². The van der Waals surface area contributed by atoms with Gasteiger partial charge in [-0.05, 0) is 25.8 Å². The van der Waals surface area contributed by atoms with Gasteiger partial charge in [-0.15, -0.1) is 0 Å². The lowest BCUT2D eigenvalue weighted by Crippen LogP contribution is -2.23. The lowest BCUT2D eigenvalue weighted by Gasteiger charge is -2.11. The maximum atomic E-state index is 5.63. The fourth-order valence-corrected chi connectivity index (χ4v) is 2.31. The van der Waals surface area contributed by atoms with E-state index in [1.165, 1.54) is 0 Å². The van der Waals surface area contributed by atoms with E-state index in [0.717, 1.165) is 57.3 Å². The Bertz CT molecular complexity index is 346. The summed E-state index contributed by atoms with van der Waals surface area (Å²) >= 11 is 0. The number of imidazole rings is 1. The summed E-state index contributed by atoms with van der Waals surface area (Å²) in [5.74, 6) is 0. The molecule has 94 valence electrons. The van der Waals surface area contributed by atoms with Crippen LogP contribution in [0, 0.1) is 0 Å². The van der Waals surface area contributed by atoms with Crippen LogP contribution in [-0.2, 0) is 11.3 Å². The quantitative estimate of drug-likeness (QED) is 0.795. The highest BCUT2D eigenvalue weighted by molar-refractivity contribution is 5.13. The molecule has 1 unspecified atom stereocenters. The molecule has 5 nitrogen and oxygen atoms in total. The third-order valence-electron chi connectivity index (χ3n) is 3.28. The number of rotatable bonds is 1. The van der Waals surface area contributed by atoms with Crippen LogP contribution in [0.15, 0.2) is 6.20 Å². The van der Waals surface area contributed by atoms with E-state index in [0.29, 0.717) is 6.61 Å². The highest BCUT2D eigenvalue weighted by Gasteiger charge is 2.20. The number of nitrogens with zero attached hydrogens (tertiary/aromatic N) is 2. The van der Waals surface area contributed by atoms with Gasteiger partial charge < -0.3 is 19.4 Å². The third kappa shape index (κ3) is 2.45. The van der Waals surface area contributed by atoms with Crippen molar-refractivity contribution >= 4 is 0 Å². The van der Waals surface area contributed by atoms with E-state index in [1.54, 1.807) is 0 Å². The van der Waals surface area contributed by atoms with Crippen molar-refractivity contribution in [3.63, 3.8) is 0 Å². The molecule has 0 bridgehead atoms. The van der Waals surface area contributed by atoms with Gasteiger partial charge in [-0.25, -0.2) is 0 Å². The maximum absolute atomic E-state index is 5.63. The van der Waals surface area contributed by atoms with Gasteiger partial charge in [-0.2, -0.15) is 4.98 Å². The van der Waals surface area contributed by atoms with Gasteiger partial charge in [0.1, 0.15) is 0 Å². The molecule has 17 heavy (non-hydrogen) atoms. The van der Waals surface area contributed by atoms with Crippen molar-refractivity contribution in [2.45, 2.75) is 31.8 Å². The number of hydrogen-bond donors (Lipinski definition) is 1. The topological polar surface area (TPSA) is 48.3 Å². The van der Waals surface area contributed by atoms with E-state index in [-0.39, 0.29) is 6.04 Å². The molecule has 1 saturated heterocycles. The van der Waals surface area contributed by atoms with Crippen molar-refractivity contribution in [1.82, 2.24) is 14.9 Å². The molecule has 1 fully saturated rings. The van der Waals surface area contributed by atoms with E-state index in [4.69, 9.17) is 9.47 Å². The fraction of sp³-hybridized carbons (Fsp3) is 0.750. The van der Waals surface area contributed by atoms with E-state index < -0.39 is 0 Å². The first-order chi connectivity index (χ1) is 8.43. The first kappa shape index (κ1) is 11.0. The van der Waals surface area contributed by atoms with Crippen molar-refractivity contribution in [2.75, 3.05) is 26.4 Å². The zero-order valence-electron chi connectivity index (χ0n) is 10.0. The predicted octanol–water partition coefficient (Wildman–Crippen LogP) is 1.11. The molecule has 2 aliphatic heterocycles. The molecule has 0 radical (unpaired) electrons. The molecule has 1 aromatic rings. The minimum atomic E-state index is 0.209. The van der Waals surface area contributed by atoms with Gasteiger partial charge in [0, 0.05) is 19.3 Å². The van der Waals surface area contributed by atoms with Crippen molar-refractivity contribution < 1.29 is 9.47 Å². The molecule has 3 rings (SSSR count). The lowest BCUT2D eigenvalue weighted by molar-refractivity contribution is 0.130. The van der Waals surface area contributed by atoms with E-state index >= 15 is 0 Å². The van der Waals surface area contributed by atoms with Crippen LogP contribution in [0.25, 0.3) is 0 Å². The third-order valence-corrected chi connectivity index (χ3v) is 3.28. The van der Waals surface area contributed by atoms with Crippen LogP contribution in [0.4, 0.5) is 0 Å². The average molecular weight is 237 g/mol. The number of nitrogens with one attached hydrogen (secondary N) is 1. The normalized spacial score (nSPS) is 25.5. The number of hydrogen-bond acceptors (Lipinski definition) is 4. The molecule has 1 aromatic heterocycles. The summed E-state index contributed by atoms with van der Waals surface area (Å²) in [6, 6.07) is 0.976. The van der Waals surface area contributed by atoms with Crippen LogP contribution in [0.3, 0.4) is 0 Å². The van der Waals surface area contributed by atoms with Crippen LogP contribution in [0.5, 0.6) is 6.01 Å². The van der Waals surface area contributed by atoms with Gasteiger partial charge in [0.15, 0.2) is 0 Å². The van der Waals surface area contributed by atoms with Crippen LogP contribution < -0.4 is 10.1 Å². The second-order valence-electron chi connectivity index (χ2n) is 4.63. The SMILES string of the molecule is c1c(C2COCCCN2)nc2n1CCCCO2. The Labute approximate surface area is 101 Å². The summed E-state index contributed by atoms with van der Waals surface area (Å²) in [6.45, 7) is 4.33. The summed E-state index contributed by atoms with van der Waals surface area (Å²) in [5.41, 5.74) is 1.05. The molecule has 0 saturated carbocycles. The Morgan fingerprint density at radius 2 is 2.29 bits per heavy atom. The summed E-state index contributed by atoms with van der Waals surface area (Å²) in [5, 5.41) is 3.47. The van der Waals surface area contributed by atoms with E-state index in [2.05, 4.69) is 21.1 Å². The summed E-state index contributed by atoms with van der Waals surface area (Å²) in [4.78, 5) is 4.57. The van der Waals surface area contributed by atoms with Crippen molar-refractivity contribution in [3.05, 3.63) is 11.9 Å². The highest BCUT2D eigenvalue weighted by Crippen LogP contribution is 2.21. The Morgan fingerprint density at radius 1 is 1.29 bits per heavy atom. The molecule has 1 atom stereocenters. The van der Waals surface area contributed by atoms with Crippen molar-refractivity contribution in [2.24, 2.45) is 0 Å². The average Bonchev–Trinajstić information content (AvgIpc) is 2.58. The van der Waals surface area contributed by atoms with E-state index in [9.17, 15) is 0 Å². The molecule has 2 aliphatic rings. The standard InChI is InChI=1S/C12H19N3O2/c1-2-7-17-12-14-10(8-15(12)5-1)11-9-16-6-3-4-13-11/h8,11,13H,1-7,9H2. The minimum Gasteiger partial charge on any atom is -0.465 e. The molecule has 0 aromatic carbocycles. The summed E-state index contributed by atoms with van der Waals surface area (Å²) in [6.07, 6.45) is 5.45. The van der Waals surface area contributed by atoms with Gasteiger partial charge in [0.05, 0.1) is 24.9 Å². The lowest BCUT2D eigenvalue weighted by atomic mass is 10.2. The Hall–Kier alpha value is -1.07. The van der Waals surface area contributed by atoms with Crippen LogP contribution >= 0.6 is 0 Å². The molecule has 0 amide bonds. The monoisotopic (exact) mass is 237 g/mol. The van der Waals surface area contributed by atoms with E-state index in [1.807, 2.05) is 0 Å². The second-order valence-corrected chi connectivity index (χ2v) is 4.63. The van der Waals surface area contributed by atoms with Gasteiger partial charge in [0.2, 0.25) is 0 Å². The second kappa shape index (κ2) is 5.06. The first-order valence-electron chi connectivity index (χ1n) is 6.44. The van der Waals surface area contributed by atoms with Gasteiger partial charge >= 0.3 is 0 Å². The van der Waals surface area contributed by atoms with Crippen molar-refractivity contribution in [3.8, 4) is 6.01 Å². The molecule has 0 aliphatic carbocycles. The first-order valence-corrected chi connectivity index (χ1v) is 6.44. The zero-order valence-corrected chi connectivity index (χ0v) is 10.0. The Kier molecular flexibility index (Phi) is 3.29. The zero-order chi connectivity index (χ0) is 11.5. The maximum Gasteiger partial charge on any atom is 0.296 e. The summed E-state index contributed by atoms with van der Waals surface area (Å²) < 4.78 is 13.3. The molecule has 0 spiro atoms. The van der Waals surface area contributed by atoms with Crippen LogP contribution in [0.1, 0.15) is 31.0 Å². The van der Waals surface area contributed by atoms with Gasteiger partial charge in [-0.1, -0.05) is 0 Å².